The van der Waals surface area contributed by atoms with E-state index in [2.05, 4.69) is 23.1 Å². The molecule has 1 unspecified atom stereocenters. The van der Waals surface area contributed by atoms with E-state index < -0.39 is 0 Å². The van der Waals surface area contributed by atoms with Crippen molar-refractivity contribution in [1.82, 2.24) is 0 Å². The maximum Gasteiger partial charge on any atom is 0.314 e. The minimum Gasteiger partial charge on any atom is -0.465 e. The van der Waals surface area contributed by atoms with Crippen LogP contribution in [-0.2, 0) is 9.53 Å². The molecule has 3 heteroatoms. The van der Waals surface area contributed by atoms with Crippen molar-refractivity contribution in [3.8, 4) is 0 Å². The molecule has 0 aromatic heterocycles. The number of esters is 1. The predicted octanol–water partition coefficient (Wildman–Crippen LogP) is 2.55. The second kappa shape index (κ2) is 6.33. The molecule has 0 aromatic carbocycles. The van der Waals surface area contributed by atoms with E-state index in [9.17, 15) is 4.79 Å². The van der Waals surface area contributed by atoms with E-state index in [1.807, 2.05) is 19.1 Å². The molecule has 1 aliphatic heterocycles. The van der Waals surface area contributed by atoms with Crippen molar-refractivity contribution in [3.63, 3.8) is 0 Å². The molecule has 0 radical (unpaired) electrons. The standard InChI is InChI=1S/C12H16O2S/c1-3-7-11(12(13)14-4-2)10-15-8-5-6-9-15/h5-9,11,15H,1,4,10H2,2H3. The lowest BCUT2D eigenvalue weighted by molar-refractivity contribution is -0.145. The van der Waals surface area contributed by atoms with E-state index in [1.165, 1.54) is 0 Å². The Bertz CT molecular complexity index is 313. The monoisotopic (exact) mass is 224 g/mol. The third-order valence-corrected chi connectivity index (χ3v) is 3.91. The summed E-state index contributed by atoms with van der Waals surface area (Å²) in [5, 5.41) is 4.27. The molecule has 1 atom stereocenters. The first-order valence-electron chi connectivity index (χ1n) is 4.91. The zero-order valence-corrected chi connectivity index (χ0v) is 9.74. The average molecular weight is 224 g/mol. The van der Waals surface area contributed by atoms with E-state index in [-0.39, 0.29) is 22.8 Å². The van der Waals surface area contributed by atoms with Gasteiger partial charge < -0.3 is 4.74 Å². The molecular weight excluding hydrogens is 208 g/mol. The molecule has 0 fully saturated rings. The summed E-state index contributed by atoms with van der Waals surface area (Å²) in [6.45, 7) is 5.73. The minimum atomic E-state index is -0.300. The first-order chi connectivity index (χ1) is 7.27. The van der Waals surface area contributed by atoms with Gasteiger partial charge in [0.05, 0.1) is 12.5 Å². The van der Waals surface area contributed by atoms with Gasteiger partial charge in [0.1, 0.15) is 0 Å². The lowest BCUT2D eigenvalue weighted by atomic mass is 10.2. The molecule has 1 aliphatic rings. The van der Waals surface area contributed by atoms with Crippen LogP contribution < -0.4 is 0 Å². The average Bonchev–Trinajstić information content (AvgIpc) is 2.70. The molecule has 1 rings (SSSR count). The number of ether oxygens (including phenoxy) is 1. The molecule has 0 saturated carbocycles. The zero-order valence-electron chi connectivity index (χ0n) is 8.85. The van der Waals surface area contributed by atoms with Gasteiger partial charge in [-0.15, -0.1) is 5.73 Å². The van der Waals surface area contributed by atoms with Gasteiger partial charge in [-0.1, -0.05) is 18.7 Å². The molecule has 15 heavy (non-hydrogen) atoms. The topological polar surface area (TPSA) is 26.3 Å². The quantitative estimate of drug-likeness (QED) is 0.441. The molecule has 82 valence electrons. The van der Waals surface area contributed by atoms with Gasteiger partial charge in [-0.05, 0) is 29.6 Å². The number of rotatable bonds is 5. The highest BCUT2D eigenvalue weighted by Crippen LogP contribution is 2.35. The Balaban J connectivity index is 2.57. The summed E-state index contributed by atoms with van der Waals surface area (Å²) in [7, 11) is -0.300. The zero-order chi connectivity index (χ0) is 11.1. The number of hydrogen-bond acceptors (Lipinski definition) is 2. The number of hydrogen-bond donors (Lipinski definition) is 1. The van der Waals surface area contributed by atoms with Gasteiger partial charge in [0.25, 0.3) is 0 Å². The van der Waals surface area contributed by atoms with E-state index in [0.717, 1.165) is 5.75 Å². The number of carbonyl (C=O) groups is 1. The van der Waals surface area contributed by atoms with Crippen molar-refractivity contribution in [2.75, 3.05) is 12.4 Å². The third kappa shape index (κ3) is 3.82. The molecule has 0 bridgehead atoms. The first kappa shape index (κ1) is 11.9. The van der Waals surface area contributed by atoms with Crippen LogP contribution in [0.15, 0.2) is 41.4 Å². The van der Waals surface area contributed by atoms with Crippen LogP contribution in [0, 0.1) is 5.92 Å². The van der Waals surface area contributed by atoms with E-state index in [4.69, 9.17) is 4.74 Å². The summed E-state index contributed by atoms with van der Waals surface area (Å²) in [6, 6.07) is 0. The number of thiol groups is 1. The summed E-state index contributed by atoms with van der Waals surface area (Å²) >= 11 is 0. The SMILES string of the molecule is C=C=CC(C[SH]1C=CC=C1)C(=O)OCC. The molecule has 0 aliphatic carbocycles. The second-order valence-electron chi connectivity index (χ2n) is 3.11. The molecular formula is C12H16O2S. The van der Waals surface area contributed by atoms with Gasteiger partial charge >= 0.3 is 5.97 Å². The van der Waals surface area contributed by atoms with Crippen molar-refractivity contribution >= 4 is 16.9 Å². The highest BCUT2D eigenvalue weighted by atomic mass is 32.2. The van der Waals surface area contributed by atoms with Crippen LogP contribution in [0.5, 0.6) is 0 Å². The van der Waals surface area contributed by atoms with Crippen LogP contribution in [0.4, 0.5) is 0 Å². The van der Waals surface area contributed by atoms with Crippen LogP contribution in [0.2, 0.25) is 0 Å². The summed E-state index contributed by atoms with van der Waals surface area (Å²) in [4.78, 5) is 11.6. The van der Waals surface area contributed by atoms with Gasteiger partial charge in [0.2, 0.25) is 0 Å². The highest BCUT2D eigenvalue weighted by molar-refractivity contribution is 8.22. The first-order valence-corrected chi connectivity index (χ1v) is 6.57. The summed E-state index contributed by atoms with van der Waals surface area (Å²) in [5.41, 5.74) is 2.67. The maximum absolute atomic E-state index is 11.6. The molecule has 2 nitrogen and oxygen atoms in total. The summed E-state index contributed by atoms with van der Waals surface area (Å²) < 4.78 is 4.99. The third-order valence-electron chi connectivity index (χ3n) is 1.98. The molecule has 1 heterocycles. The van der Waals surface area contributed by atoms with Crippen molar-refractivity contribution < 1.29 is 9.53 Å². The predicted molar refractivity (Wildman–Crippen MR) is 66.0 cm³/mol. The Morgan fingerprint density at radius 3 is 2.80 bits per heavy atom. The fourth-order valence-corrected chi connectivity index (χ4v) is 3.00. The summed E-state index contributed by atoms with van der Waals surface area (Å²) in [5.74, 6) is 0.412. The van der Waals surface area contributed by atoms with Gasteiger partial charge in [-0.3, -0.25) is 4.79 Å². The van der Waals surface area contributed by atoms with Gasteiger partial charge in [0, 0.05) is 0 Å². The van der Waals surface area contributed by atoms with E-state index in [1.54, 1.807) is 6.08 Å². The van der Waals surface area contributed by atoms with Crippen LogP contribution in [0.1, 0.15) is 6.92 Å². The molecule has 0 saturated heterocycles. The maximum atomic E-state index is 11.6. The lowest BCUT2D eigenvalue weighted by Crippen LogP contribution is -2.18. The van der Waals surface area contributed by atoms with Gasteiger partial charge in [-0.2, -0.15) is 0 Å². The molecule has 0 aromatic rings. The normalized spacial score (nSPS) is 17.3. The van der Waals surface area contributed by atoms with Crippen LogP contribution in [-0.4, -0.2) is 18.3 Å². The highest BCUT2D eigenvalue weighted by Gasteiger charge is 2.18. The number of carbonyl (C=O) groups excluding carboxylic acids is 1. The molecule has 0 N–H and O–H groups in total. The van der Waals surface area contributed by atoms with Crippen LogP contribution in [0.3, 0.4) is 0 Å². The Kier molecular flexibility index (Phi) is 5.02. The van der Waals surface area contributed by atoms with Gasteiger partial charge in [0.15, 0.2) is 0 Å². The van der Waals surface area contributed by atoms with Crippen molar-refractivity contribution in [2.45, 2.75) is 6.92 Å². The minimum absolute atomic E-state index is 0.176. The fraction of sp³-hybridized carbons (Fsp3) is 0.333. The Hall–Kier alpha value is -1.18. The second-order valence-corrected chi connectivity index (χ2v) is 5.10. The Labute approximate surface area is 93.4 Å². The summed E-state index contributed by atoms with van der Waals surface area (Å²) in [6.07, 6.45) is 5.73. The lowest BCUT2D eigenvalue weighted by Gasteiger charge is -2.15. The van der Waals surface area contributed by atoms with E-state index in [0.29, 0.717) is 6.61 Å². The number of allylic oxidation sites excluding steroid dienone is 2. The van der Waals surface area contributed by atoms with Crippen LogP contribution >= 0.6 is 10.9 Å². The molecule has 0 spiro atoms. The molecule has 0 amide bonds. The van der Waals surface area contributed by atoms with E-state index >= 15 is 0 Å². The van der Waals surface area contributed by atoms with Crippen molar-refractivity contribution in [2.24, 2.45) is 5.92 Å². The van der Waals surface area contributed by atoms with Gasteiger partial charge in [-0.25, -0.2) is 10.9 Å². The van der Waals surface area contributed by atoms with Crippen molar-refractivity contribution in [1.29, 1.82) is 0 Å². The van der Waals surface area contributed by atoms with Crippen LogP contribution in [0.25, 0.3) is 0 Å². The van der Waals surface area contributed by atoms with Crippen molar-refractivity contribution in [3.05, 3.63) is 41.4 Å². The Morgan fingerprint density at radius 2 is 2.27 bits per heavy atom. The fourth-order valence-electron chi connectivity index (χ4n) is 1.31. The Morgan fingerprint density at radius 1 is 1.60 bits per heavy atom. The smallest absolute Gasteiger partial charge is 0.314 e. The largest absolute Gasteiger partial charge is 0.465 e.